The van der Waals surface area contributed by atoms with Crippen molar-refractivity contribution in [2.75, 3.05) is 11.5 Å². The molecule has 6 heteroatoms. The molecule has 0 radical (unpaired) electrons. The smallest absolute Gasteiger partial charge is 0.296 e. The minimum atomic E-state index is -0.655. The third kappa shape index (κ3) is 4.64. The Kier molecular flexibility index (Phi) is 6.83. The van der Waals surface area contributed by atoms with Gasteiger partial charge >= 0.3 is 0 Å². The van der Waals surface area contributed by atoms with E-state index in [1.165, 1.54) is 12.8 Å². The number of nitrogens with zero attached hydrogens (tertiary/aromatic N) is 2. The Labute approximate surface area is 216 Å². The number of aryl methyl sites for hydroxylation is 3. The van der Waals surface area contributed by atoms with Crippen molar-refractivity contribution in [3.05, 3.63) is 98.5 Å². The van der Waals surface area contributed by atoms with Gasteiger partial charge in [0.25, 0.3) is 5.91 Å². The Balaban J connectivity index is 1.59. The molecule has 6 nitrogen and oxygen atoms in total. The molecule has 4 aromatic rings. The molecule has 0 aliphatic carbocycles. The van der Waals surface area contributed by atoms with E-state index in [4.69, 9.17) is 9.15 Å². The topological polar surface area (TPSA) is 72.6 Å². The highest BCUT2D eigenvalue weighted by Crippen LogP contribution is 2.41. The SMILES string of the molecule is CCCCCCOc1ccc([C@@H]2c3c(oc4cc(C)c(C)cc4c3=O)C(=O)N2c2cc(C)ccn2)cc1. The van der Waals surface area contributed by atoms with Crippen LogP contribution < -0.4 is 15.1 Å². The number of hydrogen-bond acceptors (Lipinski definition) is 5. The maximum Gasteiger partial charge on any atom is 0.296 e. The number of fused-ring (bicyclic) bond motifs is 2. The highest BCUT2D eigenvalue weighted by atomic mass is 16.5. The summed E-state index contributed by atoms with van der Waals surface area (Å²) in [6.45, 7) is 8.73. The minimum Gasteiger partial charge on any atom is -0.494 e. The second kappa shape index (κ2) is 10.2. The van der Waals surface area contributed by atoms with Crippen LogP contribution in [0.25, 0.3) is 11.0 Å². The van der Waals surface area contributed by atoms with Gasteiger partial charge in [0.05, 0.1) is 23.6 Å². The third-order valence-electron chi connectivity index (χ3n) is 7.10. The van der Waals surface area contributed by atoms with E-state index in [2.05, 4.69) is 11.9 Å². The van der Waals surface area contributed by atoms with E-state index in [0.29, 0.717) is 29.0 Å². The number of pyridine rings is 1. The van der Waals surface area contributed by atoms with Crippen molar-refractivity contribution in [3.8, 4) is 5.75 Å². The third-order valence-corrected chi connectivity index (χ3v) is 7.10. The van der Waals surface area contributed by atoms with Gasteiger partial charge in [-0.25, -0.2) is 4.98 Å². The fourth-order valence-electron chi connectivity index (χ4n) is 4.90. The van der Waals surface area contributed by atoms with E-state index < -0.39 is 6.04 Å². The van der Waals surface area contributed by atoms with E-state index in [1.807, 2.05) is 69.3 Å². The number of benzene rings is 2. The molecular formula is C31H32N2O4. The summed E-state index contributed by atoms with van der Waals surface area (Å²) in [5.74, 6) is 0.951. The Hall–Kier alpha value is -3.93. The Morgan fingerprint density at radius 3 is 2.43 bits per heavy atom. The van der Waals surface area contributed by atoms with Gasteiger partial charge in [0, 0.05) is 6.20 Å². The highest BCUT2D eigenvalue weighted by molar-refractivity contribution is 6.10. The lowest BCUT2D eigenvalue weighted by Crippen LogP contribution is -2.30. The van der Waals surface area contributed by atoms with Gasteiger partial charge < -0.3 is 9.15 Å². The molecule has 1 amide bonds. The Bertz CT molecular complexity index is 1520. The average molecular weight is 497 g/mol. The summed E-state index contributed by atoms with van der Waals surface area (Å²) in [6.07, 6.45) is 6.23. The van der Waals surface area contributed by atoms with Crippen molar-refractivity contribution in [1.82, 2.24) is 4.98 Å². The second-order valence-electron chi connectivity index (χ2n) is 9.85. The molecule has 0 unspecified atom stereocenters. The Morgan fingerprint density at radius 2 is 1.70 bits per heavy atom. The molecule has 37 heavy (non-hydrogen) atoms. The summed E-state index contributed by atoms with van der Waals surface area (Å²) in [4.78, 5) is 33.7. The molecule has 0 saturated carbocycles. The van der Waals surface area contributed by atoms with Crippen molar-refractivity contribution < 1.29 is 13.9 Å². The number of carbonyl (C=O) groups excluding carboxylic acids is 1. The number of aromatic nitrogens is 1. The van der Waals surface area contributed by atoms with Crippen LogP contribution in [0.2, 0.25) is 0 Å². The van der Waals surface area contributed by atoms with Crippen LogP contribution in [0.5, 0.6) is 5.75 Å². The van der Waals surface area contributed by atoms with Crippen LogP contribution in [-0.2, 0) is 0 Å². The maximum absolute atomic E-state index is 13.9. The summed E-state index contributed by atoms with van der Waals surface area (Å²) in [5, 5.41) is 0.478. The van der Waals surface area contributed by atoms with Crippen LogP contribution in [-0.4, -0.2) is 17.5 Å². The summed E-state index contributed by atoms with van der Waals surface area (Å²) >= 11 is 0. The lowest BCUT2D eigenvalue weighted by atomic mass is 9.97. The van der Waals surface area contributed by atoms with Crippen LogP contribution >= 0.6 is 0 Å². The van der Waals surface area contributed by atoms with Gasteiger partial charge in [-0.2, -0.15) is 0 Å². The predicted octanol–water partition coefficient (Wildman–Crippen LogP) is 6.82. The van der Waals surface area contributed by atoms with Gasteiger partial charge in [-0.1, -0.05) is 38.3 Å². The zero-order valence-electron chi connectivity index (χ0n) is 21.8. The number of ether oxygens (including phenoxy) is 1. The van der Waals surface area contributed by atoms with Crippen molar-refractivity contribution in [2.45, 2.75) is 59.4 Å². The summed E-state index contributed by atoms with van der Waals surface area (Å²) < 4.78 is 12.1. The summed E-state index contributed by atoms with van der Waals surface area (Å²) in [6, 6.07) is 14.4. The van der Waals surface area contributed by atoms with Gasteiger partial charge in [-0.3, -0.25) is 14.5 Å². The number of carbonyl (C=O) groups is 1. The molecule has 190 valence electrons. The average Bonchev–Trinajstić information content (AvgIpc) is 3.18. The first-order valence-corrected chi connectivity index (χ1v) is 13.0. The molecule has 3 heterocycles. The van der Waals surface area contributed by atoms with Crippen LogP contribution in [0.3, 0.4) is 0 Å². The van der Waals surface area contributed by atoms with E-state index in [1.54, 1.807) is 11.1 Å². The number of rotatable bonds is 8. The first kappa shape index (κ1) is 24.8. The largest absolute Gasteiger partial charge is 0.494 e. The van der Waals surface area contributed by atoms with Gasteiger partial charge in [-0.05, 0) is 85.8 Å². The number of hydrogen-bond donors (Lipinski definition) is 0. The van der Waals surface area contributed by atoms with E-state index in [-0.39, 0.29) is 17.1 Å². The lowest BCUT2D eigenvalue weighted by molar-refractivity contribution is 0.0970. The molecule has 2 aromatic carbocycles. The van der Waals surface area contributed by atoms with Gasteiger partial charge in [0.2, 0.25) is 5.76 Å². The minimum absolute atomic E-state index is 0.0744. The van der Waals surface area contributed by atoms with Gasteiger partial charge in [0.1, 0.15) is 17.2 Å². The molecule has 1 aliphatic heterocycles. The summed E-state index contributed by atoms with van der Waals surface area (Å²) in [5.41, 5.74) is 4.34. The molecule has 0 spiro atoms. The molecular weight excluding hydrogens is 464 g/mol. The fourth-order valence-corrected chi connectivity index (χ4v) is 4.90. The standard InChI is InChI=1S/C31H32N2O4/c1-5-6-7-8-15-36-23-11-9-22(10-12-23)28-27-29(34)24-17-20(3)21(4)18-25(24)37-30(27)31(35)33(28)26-16-19(2)13-14-32-26/h9-14,16-18,28H,5-8,15H2,1-4H3/t28-/m1/s1. The van der Waals surface area contributed by atoms with Crippen LogP contribution in [0.15, 0.2) is 63.9 Å². The first-order chi connectivity index (χ1) is 17.9. The molecule has 1 atom stereocenters. The fraction of sp³-hybridized carbons (Fsp3) is 0.323. The summed E-state index contributed by atoms with van der Waals surface area (Å²) in [7, 11) is 0. The van der Waals surface area contributed by atoms with Gasteiger partial charge in [-0.15, -0.1) is 0 Å². The Morgan fingerprint density at radius 1 is 0.946 bits per heavy atom. The van der Waals surface area contributed by atoms with Gasteiger partial charge in [0.15, 0.2) is 5.43 Å². The van der Waals surface area contributed by atoms with E-state index in [0.717, 1.165) is 40.8 Å². The monoisotopic (exact) mass is 496 g/mol. The highest BCUT2D eigenvalue weighted by Gasteiger charge is 2.44. The zero-order valence-corrected chi connectivity index (χ0v) is 21.8. The van der Waals surface area contributed by atoms with Crippen molar-refractivity contribution in [2.24, 2.45) is 0 Å². The molecule has 0 N–H and O–H groups in total. The molecule has 1 aliphatic rings. The molecule has 0 saturated heterocycles. The quantitative estimate of drug-likeness (QED) is 0.250. The van der Waals surface area contributed by atoms with E-state index >= 15 is 0 Å². The normalized spacial score (nSPS) is 14.9. The zero-order chi connectivity index (χ0) is 26.1. The molecule has 0 fully saturated rings. The molecule has 0 bridgehead atoms. The first-order valence-electron chi connectivity index (χ1n) is 13.0. The van der Waals surface area contributed by atoms with E-state index in [9.17, 15) is 9.59 Å². The number of amides is 1. The maximum atomic E-state index is 13.9. The van der Waals surface area contributed by atoms with Crippen LogP contribution in [0.4, 0.5) is 5.82 Å². The molecule has 5 rings (SSSR count). The van der Waals surface area contributed by atoms with Crippen molar-refractivity contribution in [3.63, 3.8) is 0 Å². The molecule has 2 aromatic heterocycles. The number of unbranched alkanes of at least 4 members (excludes halogenated alkanes) is 3. The van der Waals surface area contributed by atoms with Crippen molar-refractivity contribution >= 4 is 22.7 Å². The van der Waals surface area contributed by atoms with Crippen LogP contribution in [0.1, 0.15) is 77.0 Å². The predicted molar refractivity (Wildman–Crippen MR) is 146 cm³/mol. The second-order valence-corrected chi connectivity index (χ2v) is 9.85. The van der Waals surface area contributed by atoms with Crippen LogP contribution in [0, 0.1) is 20.8 Å². The van der Waals surface area contributed by atoms with Crippen molar-refractivity contribution in [1.29, 1.82) is 0 Å². The lowest BCUT2D eigenvalue weighted by Gasteiger charge is -2.24. The number of anilines is 1.